The van der Waals surface area contributed by atoms with E-state index in [9.17, 15) is 0 Å². The van der Waals surface area contributed by atoms with E-state index in [4.69, 9.17) is 18.9 Å². The number of fused-ring (bicyclic) bond motifs is 4. The first-order valence-electron chi connectivity index (χ1n) is 10.9. The molecule has 0 atom stereocenters. The minimum absolute atomic E-state index is 0.291. The minimum Gasteiger partial charge on any atom is -0.493 e. The fourth-order valence-corrected chi connectivity index (χ4v) is 5.42. The Bertz CT molecular complexity index is 1390. The van der Waals surface area contributed by atoms with Crippen molar-refractivity contribution in [2.45, 2.75) is 33.2 Å². The lowest BCUT2D eigenvalue weighted by Gasteiger charge is -2.21. The highest BCUT2D eigenvalue weighted by Gasteiger charge is 2.33. The number of benzene rings is 3. The van der Waals surface area contributed by atoms with E-state index in [0.717, 1.165) is 53.2 Å². The van der Waals surface area contributed by atoms with Crippen LogP contribution in [0.25, 0.3) is 32.4 Å². The lowest BCUT2D eigenvalue weighted by atomic mass is 9.90. The van der Waals surface area contributed by atoms with E-state index in [1.807, 2.05) is 6.07 Å². The molecule has 158 valence electrons. The molecule has 0 fully saturated rings. The Hall–Kier alpha value is -3.21. The summed E-state index contributed by atoms with van der Waals surface area (Å²) in [5.74, 6) is 3.83. The Kier molecular flexibility index (Phi) is 3.98. The SMILES string of the molecule is COc1ccc2c(c1OC)c(CC(C)C)[n+]1c3c2ccc2c4c(cc(c23)CC1)OCO4. The molecule has 3 aromatic carbocycles. The summed E-state index contributed by atoms with van der Waals surface area (Å²) in [7, 11) is 3.43. The first-order chi connectivity index (χ1) is 15.1. The van der Waals surface area contributed by atoms with Crippen molar-refractivity contribution >= 4 is 32.4 Å². The molecule has 5 nitrogen and oxygen atoms in total. The first kappa shape index (κ1) is 18.6. The van der Waals surface area contributed by atoms with Gasteiger partial charge >= 0.3 is 0 Å². The van der Waals surface area contributed by atoms with Crippen molar-refractivity contribution in [2.75, 3.05) is 21.0 Å². The molecule has 0 saturated carbocycles. The van der Waals surface area contributed by atoms with Crippen LogP contribution in [-0.2, 0) is 19.4 Å². The molecule has 0 saturated heterocycles. The van der Waals surface area contributed by atoms with E-state index in [0.29, 0.717) is 12.7 Å². The van der Waals surface area contributed by atoms with E-state index in [1.165, 1.54) is 32.9 Å². The molecule has 0 amide bonds. The van der Waals surface area contributed by atoms with E-state index in [1.54, 1.807) is 14.2 Å². The number of methoxy groups -OCH3 is 2. The van der Waals surface area contributed by atoms with Crippen LogP contribution in [0, 0.1) is 5.92 Å². The number of hydrogen-bond acceptors (Lipinski definition) is 4. The second kappa shape index (κ2) is 6.64. The van der Waals surface area contributed by atoms with Gasteiger partial charge in [-0.3, -0.25) is 0 Å². The molecule has 0 bridgehead atoms. The second-order valence-corrected chi connectivity index (χ2v) is 8.82. The maximum absolute atomic E-state index is 5.91. The number of aromatic nitrogens is 1. The Labute approximate surface area is 181 Å². The molecule has 2 aliphatic rings. The number of hydrogen-bond donors (Lipinski definition) is 0. The fourth-order valence-electron chi connectivity index (χ4n) is 5.42. The van der Waals surface area contributed by atoms with E-state index >= 15 is 0 Å². The van der Waals surface area contributed by atoms with E-state index in [2.05, 4.69) is 42.7 Å². The Balaban J connectivity index is 1.85. The van der Waals surface area contributed by atoms with Crippen molar-refractivity contribution in [3.05, 3.63) is 41.6 Å². The number of aryl methyl sites for hydroxylation is 2. The van der Waals surface area contributed by atoms with Gasteiger partial charge in [0.15, 0.2) is 35.2 Å². The van der Waals surface area contributed by atoms with Gasteiger partial charge in [-0.2, -0.15) is 4.57 Å². The zero-order chi connectivity index (χ0) is 21.3. The molecule has 1 aromatic heterocycles. The van der Waals surface area contributed by atoms with Crippen LogP contribution in [0.15, 0.2) is 30.3 Å². The third kappa shape index (κ3) is 2.46. The molecule has 0 spiro atoms. The summed E-state index contributed by atoms with van der Waals surface area (Å²) in [4.78, 5) is 0. The zero-order valence-electron chi connectivity index (χ0n) is 18.4. The molecule has 6 rings (SSSR count). The van der Waals surface area contributed by atoms with Crippen LogP contribution < -0.4 is 23.5 Å². The van der Waals surface area contributed by atoms with Crippen LogP contribution in [0.2, 0.25) is 0 Å². The van der Waals surface area contributed by atoms with Crippen LogP contribution in [0.1, 0.15) is 25.1 Å². The second-order valence-electron chi connectivity index (χ2n) is 8.82. The predicted octanol–water partition coefficient (Wildman–Crippen LogP) is 4.93. The van der Waals surface area contributed by atoms with Crippen molar-refractivity contribution in [1.29, 1.82) is 0 Å². The van der Waals surface area contributed by atoms with Crippen molar-refractivity contribution in [3.63, 3.8) is 0 Å². The van der Waals surface area contributed by atoms with Gasteiger partial charge in [0.25, 0.3) is 0 Å². The fraction of sp³-hybridized carbons (Fsp3) is 0.346. The van der Waals surface area contributed by atoms with Crippen molar-refractivity contribution in [2.24, 2.45) is 5.92 Å². The van der Waals surface area contributed by atoms with Crippen LogP contribution in [-0.4, -0.2) is 21.0 Å². The highest BCUT2D eigenvalue weighted by molar-refractivity contribution is 6.17. The lowest BCUT2D eigenvalue weighted by molar-refractivity contribution is -0.677. The summed E-state index contributed by atoms with van der Waals surface area (Å²) in [6.45, 7) is 5.76. The third-order valence-corrected chi connectivity index (χ3v) is 6.62. The van der Waals surface area contributed by atoms with Crippen molar-refractivity contribution in [3.8, 4) is 23.0 Å². The normalized spacial score (nSPS) is 14.4. The summed E-state index contributed by atoms with van der Waals surface area (Å²) in [5, 5.41) is 6.02. The molecule has 0 unspecified atom stereocenters. The van der Waals surface area contributed by atoms with Crippen LogP contribution in [0.4, 0.5) is 0 Å². The van der Waals surface area contributed by atoms with Gasteiger partial charge < -0.3 is 18.9 Å². The Morgan fingerprint density at radius 2 is 1.77 bits per heavy atom. The summed E-state index contributed by atoms with van der Waals surface area (Å²) >= 11 is 0. The standard InChI is InChI=1S/C26H26NO4/c1-14(2)11-19-23-16(7-8-20(28-3)26(23)29-4)17-5-6-18-22-15(9-10-27(19)24(17)22)12-21-25(18)31-13-30-21/h5-8,12,14H,9-11,13H2,1-4H3/q+1. The predicted molar refractivity (Wildman–Crippen MR) is 121 cm³/mol. The summed E-state index contributed by atoms with van der Waals surface area (Å²) < 4.78 is 25.7. The summed E-state index contributed by atoms with van der Waals surface area (Å²) in [6.07, 6.45) is 1.93. The van der Waals surface area contributed by atoms with Gasteiger partial charge in [-0.05, 0) is 41.8 Å². The molecule has 2 aliphatic heterocycles. The van der Waals surface area contributed by atoms with E-state index in [-0.39, 0.29) is 0 Å². The minimum atomic E-state index is 0.291. The van der Waals surface area contributed by atoms with Crippen LogP contribution >= 0.6 is 0 Å². The van der Waals surface area contributed by atoms with Gasteiger partial charge in [-0.1, -0.05) is 13.8 Å². The molecule has 5 heteroatoms. The topological polar surface area (TPSA) is 40.8 Å². The summed E-state index contributed by atoms with van der Waals surface area (Å²) in [6, 6.07) is 10.8. The summed E-state index contributed by atoms with van der Waals surface area (Å²) in [5.41, 5.74) is 3.93. The molecule has 3 heterocycles. The van der Waals surface area contributed by atoms with Crippen molar-refractivity contribution in [1.82, 2.24) is 0 Å². The number of ether oxygens (including phenoxy) is 4. The van der Waals surface area contributed by atoms with E-state index < -0.39 is 0 Å². The third-order valence-electron chi connectivity index (χ3n) is 6.62. The van der Waals surface area contributed by atoms with Crippen LogP contribution in [0.3, 0.4) is 0 Å². The van der Waals surface area contributed by atoms with Gasteiger partial charge in [0.05, 0.1) is 30.4 Å². The molecular formula is C26H26NO4+. The first-order valence-corrected chi connectivity index (χ1v) is 10.9. The molecule has 0 N–H and O–H groups in total. The Morgan fingerprint density at radius 1 is 0.968 bits per heavy atom. The van der Waals surface area contributed by atoms with Crippen LogP contribution in [0.5, 0.6) is 23.0 Å². The van der Waals surface area contributed by atoms with Crippen molar-refractivity contribution < 1.29 is 23.5 Å². The number of rotatable bonds is 4. The smallest absolute Gasteiger partial charge is 0.231 e. The van der Waals surface area contributed by atoms with Gasteiger partial charge in [0.2, 0.25) is 12.3 Å². The maximum Gasteiger partial charge on any atom is 0.231 e. The highest BCUT2D eigenvalue weighted by Crippen LogP contribution is 2.47. The van der Waals surface area contributed by atoms with Gasteiger partial charge in [-0.15, -0.1) is 0 Å². The molecule has 31 heavy (non-hydrogen) atoms. The molecule has 0 aliphatic carbocycles. The highest BCUT2D eigenvalue weighted by atomic mass is 16.7. The molecule has 4 aromatic rings. The maximum atomic E-state index is 5.91. The largest absolute Gasteiger partial charge is 0.493 e. The number of pyridine rings is 1. The molecular weight excluding hydrogens is 390 g/mol. The average molecular weight is 416 g/mol. The monoisotopic (exact) mass is 416 g/mol. The van der Waals surface area contributed by atoms with Gasteiger partial charge in [0, 0.05) is 23.6 Å². The van der Waals surface area contributed by atoms with Gasteiger partial charge in [-0.25, -0.2) is 0 Å². The molecule has 0 radical (unpaired) electrons. The van der Waals surface area contributed by atoms with Gasteiger partial charge in [0.1, 0.15) is 0 Å². The quantitative estimate of drug-likeness (QED) is 0.349. The lowest BCUT2D eigenvalue weighted by Crippen LogP contribution is -2.43. The zero-order valence-corrected chi connectivity index (χ0v) is 18.4. The number of nitrogens with zero attached hydrogens (tertiary/aromatic N) is 1. The average Bonchev–Trinajstić information content (AvgIpc) is 3.25. The Morgan fingerprint density at radius 3 is 2.55 bits per heavy atom.